The zero-order chi connectivity index (χ0) is 21.5. The predicted molar refractivity (Wildman–Crippen MR) is 118 cm³/mol. The number of ether oxygens (including phenoxy) is 2. The minimum absolute atomic E-state index is 0.0151. The molecule has 0 aromatic heterocycles. The maximum absolute atomic E-state index is 12.6. The zero-order valence-electron chi connectivity index (χ0n) is 18.4. The van der Waals surface area contributed by atoms with E-state index in [1.165, 1.54) is 25.3 Å². The number of aliphatic hydroxyl groups is 1. The first-order valence-electron chi connectivity index (χ1n) is 11.2. The van der Waals surface area contributed by atoms with Crippen molar-refractivity contribution in [3.8, 4) is 5.75 Å². The number of aliphatic hydroxyl groups excluding tert-OH is 1. The predicted octanol–water partition coefficient (Wildman–Crippen LogP) is 5.02. The first kappa shape index (κ1) is 21.2. The van der Waals surface area contributed by atoms with Gasteiger partial charge in [0.15, 0.2) is 0 Å². The highest BCUT2D eigenvalue weighted by molar-refractivity contribution is 5.87. The summed E-state index contributed by atoms with van der Waals surface area (Å²) in [6.07, 6.45) is 7.79. The van der Waals surface area contributed by atoms with E-state index in [9.17, 15) is 4.79 Å². The van der Waals surface area contributed by atoms with Crippen molar-refractivity contribution in [2.75, 3.05) is 13.2 Å². The number of hydrogen-bond acceptors (Lipinski definition) is 4. The Morgan fingerprint density at radius 2 is 1.97 bits per heavy atom. The smallest absolute Gasteiger partial charge is 0.331 e. The standard InChI is InChI=1S/C26H34O4/c1-17-5-11-23-25(3,4)21-15-26(17,23)16-22(18(21)2)30-24(28)12-8-19-6-9-20(10-7-19)29-14-13-27/h6-10,12,17,21-23,27H,2,5,11,13-16H2,1,3-4H3/b12-8+/t17-,21?,22?,23+,26?/m1/s1. The Balaban J connectivity index is 1.42. The summed E-state index contributed by atoms with van der Waals surface area (Å²) >= 11 is 0. The van der Waals surface area contributed by atoms with Crippen LogP contribution in [0.1, 0.15) is 52.0 Å². The molecule has 30 heavy (non-hydrogen) atoms. The second-order valence-corrected chi connectivity index (χ2v) is 10.0. The van der Waals surface area contributed by atoms with Gasteiger partial charge in [-0.2, -0.15) is 0 Å². The second-order valence-electron chi connectivity index (χ2n) is 10.0. The van der Waals surface area contributed by atoms with Crippen molar-refractivity contribution >= 4 is 12.0 Å². The van der Waals surface area contributed by atoms with Crippen molar-refractivity contribution in [1.29, 1.82) is 0 Å². The lowest BCUT2D eigenvalue weighted by atomic mass is 9.66. The third kappa shape index (κ3) is 3.49. The molecular weight excluding hydrogens is 376 g/mol. The van der Waals surface area contributed by atoms with E-state index in [0.29, 0.717) is 28.9 Å². The summed E-state index contributed by atoms with van der Waals surface area (Å²) in [6, 6.07) is 7.40. The number of benzene rings is 1. The Morgan fingerprint density at radius 1 is 1.23 bits per heavy atom. The molecule has 3 fully saturated rings. The van der Waals surface area contributed by atoms with Crippen LogP contribution in [0.5, 0.6) is 5.75 Å². The maximum Gasteiger partial charge on any atom is 0.331 e. The van der Waals surface area contributed by atoms with Crippen LogP contribution in [0.25, 0.3) is 6.08 Å². The largest absolute Gasteiger partial charge is 0.491 e. The lowest BCUT2D eigenvalue weighted by Gasteiger charge is -2.41. The molecule has 4 nitrogen and oxygen atoms in total. The molecule has 162 valence electrons. The molecule has 3 aliphatic rings. The SMILES string of the molecule is C=C1C(OC(=O)/C=C/c2ccc(OCCO)cc2)CC23CC1C(C)(C)[C@@H]2CC[C@H]3C. The van der Waals surface area contributed by atoms with Crippen molar-refractivity contribution in [3.63, 3.8) is 0 Å². The summed E-state index contributed by atoms with van der Waals surface area (Å²) in [5.74, 6) is 2.21. The van der Waals surface area contributed by atoms with Crippen LogP contribution in [0.15, 0.2) is 42.5 Å². The highest BCUT2D eigenvalue weighted by Gasteiger charge is 2.66. The highest BCUT2D eigenvalue weighted by Crippen LogP contribution is 2.72. The molecular formula is C26H34O4. The molecule has 0 amide bonds. The number of esters is 1. The second kappa shape index (κ2) is 7.88. The molecule has 3 saturated carbocycles. The molecule has 1 spiro atoms. The lowest BCUT2D eigenvalue weighted by molar-refractivity contribution is -0.144. The minimum Gasteiger partial charge on any atom is -0.491 e. The fourth-order valence-corrected chi connectivity index (χ4v) is 6.71. The van der Waals surface area contributed by atoms with Crippen molar-refractivity contribution in [1.82, 2.24) is 0 Å². The van der Waals surface area contributed by atoms with Crippen molar-refractivity contribution in [3.05, 3.63) is 48.1 Å². The lowest BCUT2D eigenvalue weighted by Crippen LogP contribution is -2.38. The van der Waals surface area contributed by atoms with Crippen LogP contribution in [0, 0.1) is 28.6 Å². The van der Waals surface area contributed by atoms with Crippen molar-refractivity contribution < 1.29 is 19.4 Å². The van der Waals surface area contributed by atoms with Gasteiger partial charge in [-0.25, -0.2) is 4.79 Å². The van der Waals surface area contributed by atoms with E-state index in [0.717, 1.165) is 17.6 Å². The summed E-state index contributed by atoms with van der Waals surface area (Å²) in [4.78, 5) is 12.6. The van der Waals surface area contributed by atoms with Crippen LogP contribution in [0.4, 0.5) is 0 Å². The van der Waals surface area contributed by atoms with Crippen LogP contribution >= 0.6 is 0 Å². The van der Waals surface area contributed by atoms with Crippen LogP contribution in [0.3, 0.4) is 0 Å². The monoisotopic (exact) mass is 410 g/mol. The van der Waals surface area contributed by atoms with E-state index in [2.05, 4.69) is 27.4 Å². The van der Waals surface area contributed by atoms with Crippen LogP contribution in [-0.2, 0) is 9.53 Å². The van der Waals surface area contributed by atoms with E-state index in [1.807, 2.05) is 24.3 Å². The molecule has 1 N–H and O–H groups in total. The van der Waals surface area contributed by atoms with Crippen LogP contribution in [-0.4, -0.2) is 30.4 Å². The van der Waals surface area contributed by atoms with Crippen molar-refractivity contribution in [2.45, 2.75) is 52.6 Å². The maximum atomic E-state index is 12.6. The van der Waals surface area contributed by atoms with Crippen LogP contribution < -0.4 is 4.74 Å². The molecule has 0 saturated heterocycles. The summed E-state index contributed by atoms with van der Waals surface area (Å²) < 4.78 is 11.3. The third-order valence-electron chi connectivity index (χ3n) is 8.28. The molecule has 0 aliphatic heterocycles. The van der Waals surface area contributed by atoms with Gasteiger partial charge in [0.1, 0.15) is 18.5 Å². The van der Waals surface area contributed by atoms with Gasteiger partial charge in [0.2, 0.25) is 0 Å². The summed E-state index contributed by atoms with van der Waals surface area (Å²) in [7, 11) is 0. The van der Waals surface area contributed by atoms with Gasteiger partial charge in [-0.3, -0.25) is 0 Å². The zero-order valence-corrected chi connectivity index (χ0v) is 18.4. The quantitative estimate of drug-likeness (QED) is 0.406. The summed E-state index contributed by atoms with van der Waals surface area (Å²) in [6.45, 7) is 11.8. The molecule has 4 heteroatoms. The average Bonchev–Trinajstić information content (AvgIpc) is 3.13. The molecule has 5 atom stereocenters. The van der Waals surface area contributed by atoms with Gasteiger partial charge in [0.05, 0.1) is 6.61 Å². The fourth-order valence-electron chi connectivity index (χ4n) is 6.71. The Hall–Kier alpha value is -2.07. The summed E-state index contributed by atoms with van der Waals surface area (Å²) in [5.41, 5.74) is 2.54. The molecule has 1 aromatic rings. The molecule has 2 bridgehead atoms. The first-order chi connectivity index (χ1) is 14.3. The number of carbonyl (C=O) groups excluding carboxylic acids is 1. The topological polar surface area (TPSA) is 55.8 Å². The van der Waals surface area contributed by atoms with Gasteiger partial charge in [-0.1, -0.05) is 39.5 Å². The van der Waals surface area contributed by atoms with E-state index in [1.54, 1.807) is 6.08 Å². The van der Waals surface area contributed by atoms with Gasteiger partial charge < -0.3 is 14.6 Å². The highest BCUT2D eigenvalue weighted by atomic mass is 16.5. The fraction of sp³-hybridized carbons (Fsp3) is 0.577. The van der Waals surface area contributed by atoms with Gasteiger partial charge in [-0.05, 0) is 83.6 Å². The van der Waals surface area contributed by atoms with E-state index < -0.39 is 0 Å². The Labute approximate surface area is 180 Å². The molecule has 4 rings (SSSR count). The number of rotatable bonds is 6. The Kier molecular flexibility index (Phi) is 5.56. The molecule has 1 aromatic carbocycles. The first-order valence-corrected chi connectivity index (χ1v) is 11.2. The number of fused-ring (bicyclic) bond motifs is 1. The van der Waals surface area contributed by atoms with Crippen molar-refractivity contribution in [2.24, 2.45) is 28.6 Å². The van der Waals surface area contributed by atoms with E-state index >= 15 is 0 Å². The van der Waals surface area contributed by atoms with Gasteiger partial charge >= 0.3 is 5.97 Å². The van der Waals surface area contributed by atoms with Gasteiger partial charge in [0, 0.05) is 6.08 Å². The minimum atomic E-state index is -0.306. The van der Waals surface area contributed by atoms with Gasteiger partial charge in [0.25, 0.3) is 0 Å². The molecule has 0 heterocycles. The molecule has 3 aliphatic carbocycles. The van der Waals surface area contributed by atoms with Gasteiger partial charge in [-0.15, -0.1) is 0 Å². The summed E-state index contributed by atoms with van der Waals surface area (Å²) in [5, 5.41) is 8.82. The number of carbonyl (C=O) groups is 1. The van der Waals surface area contributed by atoms with E-state index in [4.69, 9.17) is 14.6 Å². The number of hydrogen-bond donors (Lipinski definition) is 1. The van der Waals surface area contributed by atoms with Crippen LogP contribution in [0.2, 0.25) is 0 Å². The third-order valence-corrected chi connectivity index (χ3v) is 8.28. The van der Waals surface area contributed by atoms with E-state index in [-0.39, 0.29) is 30.7 Å². The Bertz CT molecular complexity index is 837. The normalized spacial score (nSPS) is 34.2. The molecule has 0 radical (unpaired) electrons. The Morgan fingerprint density at radius 3 is 2.67 bits per heavy atom. The molecule has 3 unspecified atom stereocenters. The average molecular weight is 411 g/mol.